The molecule has 1 unspecified atom stereocenters. The first-order valence-electron chi connectivity index (χ1n) is 15.7. The molecular formula is C35H42ClN7O4. The van der Waals surface area contributed by atoms with Crippen LogP contribution in [-0.2, 0) is 17.8 Å². The van der Waals surface area contributed by atoms with E-state index in [0.717, 1.165) is 31.7 Å². The predicted molar refractivity (Wildman–Crippen MR) is 188 cm³/mol. The van der Waals surface area contributed by atoms with E-state index in [1.807, 2.05) is 24.3 Å². The summed E-state index contributed by atoms with van der Waals surface area (Å²) in [5.41, 5.74) is 2.76. The number of piperazine rings is 1. The molecular weight excluding hydrogens is 618 g/mol. The van der Waals surface area contributed by atoms with Gasteiger partial charge in [-0.15, -0.1) is 0 Å². The summed E-state index contributed by atoms with van der Waals surface area (Å²) in [6.45, 7) is 14.3. The molecule has 47 heavy (non-hydrogen) atoms. The molecule has 1 amide bonds. The lowest BCUT2D eigenvalue weighted by molar-refractivity contribution is -0.111. The van der Waals surface area contributed by atoms with E-state index >= 15 is 0 Å². The van der Waals surface area contributed by atoms with Crippen molar-refractivity contribution in [2.75, 3.05) is 51.0 Å². The summed E-state index contributed by atoms with van der Waals surface area (Å²) >= 11 is 6.75. The van der Waals surface area contributed by atoms with Crippen molar-refractivity contribution >= 4 is 40.2 Å². The van der Waals surface area contributed by atoms with Crippen LogP contribution in [0, 0.1) is 0 Å². The van der Waals surface area contributed by atoms with Crippen molar-refractivity contribution in [3.05, 3.63) is 82.3 Å². The Kier molecular flexibility index (Phi) is 10.8. The Balaban J connectivity index is 1.51. The summed E-state index contributed by atoms with van der Waals surface area (Å²) in [7, 11) is 3.07. The molecule has 5 rings (SSSR count). The first kappa shape index (κ1) is 33.9. The van der Waals surface area contributed by atoms with Crippen molar-refractivity contribution in [3.8, 4) is 22.6 Å². The number of carbonyl (C=O) groups excluding carboxylic acids is 1. The number of halogens is 1. The minimum Gasteiger partial charge on any atom is -0.497 e. The molecule has 4 aromatic rings. The van der Waals surface area contributed by atoms with Crippen molar-refractivity contribution in [2.45, 2.75) is 45.9 Å². The van der Waals surface area contributed by atoms with E-state index < -0.39 is 0 Å². The second-order valence-electron chi connectivity index (χ2n) is 11.8. The first-order chi connectivity index (χ1) is 22.6. The maximum absolute atomic E-state index is 14.3. The van der Waals surface area contributed by atoms with Crippen molar-refractivity contribution in [3.63, 3.8) is 0 Å². The number of rotatable bonds is 12. The summed E-state index contributed by atoms with van der Waals surface area (Å²) in [6.07, 6.45) is 3.49. The largest absolute Gasteiger partial charge is 0.497 e. The van der Waals surface area contributed by atoms with Crippen LogP contribution < -0.4 is 25.7 Å². The van der Waals surface area contributed by atoms with Gasteiger partial charge < -0.3 is 20.1 Å². The maximum atomic E-state index is 14.3. The molecule has 2 N–H and O–H groups in total. The summed E-state index contributed by atoms with van der Waals surface area (Å²) in [4.78, 5) is 40.4. The number of carbonyl (C=O) groups is 1. The number of fused-ring (bicyclic) bond motifs is 1. The monoisotopic (exact) mass is 659 g/mol. The van der Waals surface area contributed by atoms with Gasteiger partial charge in [-0.25, -0.2) is 4.98 Å². The Hall–Kier alpha value is -4.45. The molecule has 1 fully saturated rings. The van der Waals surface area contributed by atoms with Crippen LogP contribution in [0.5, 0.6) is 11.5 Å². The number of benzene rings is 2. The Morgan fingerprint density at radius 1 is 1.02 bits per heavy atom. The van der Waals surface area contributed by atoms with Crippen molar-refractivity contribution < 1.29 is 14.3 Å². The van der Waals surface area contributed by atoms with Gasteiger partial charge in [-0.2, -0.15) is 4.98 Å². The zero-order valence-corrected chi connectivity index (χ0v) is 28.3. The number of aryl methyl sites for hydroxylation is 2. The number of nitrogens with zero attached hydrogens (tertiary/aromatic N) is 5. The summed E-state index contributed by atoms with van der Waals surface area (Å²) < 4.78 is 12.6. The van der Waals surface area contributed by atoms with Gasteiger partial charge in [0, 0.05) is 73.2 Å². The van der Waals surface area contributed by atoms with Crippen LogP contribution in [-0.4, -0.2) is 82.8 Å². The zero-order valence-electron chi connectivity index (χ0n) is 27.5. The second-order valence-corrected chi connectivity index (χ2v) is 12.2. The third-order valence-corrected chi connectivity index (χ3v) is 8.97. The Labute approximate surface area is 280 Å². The SMILES string of the molecule is C=CC(=O)Nc1ccc(CCn2c(=O)c(-c3cc(OC)cc(OC)c3Cl)cc3cnc(NC(C)N4CCN(C(C)C)CC4)nc32)cc1. The lowest BCUT2D eigenvalue weighted by atomic mass is 10.0. The van der Waals surface area contributed by atoms with Gasteiger partial charge in [0.1, 0.15) is 17.1 Å². The average Bonchev–Trinajstić information content (AvgIpc) is 3.08. The van der Waals surface area contributed by atoms with E-state index in [9.17, 15) is 9.59 Å². The predicted octanol–water partition coefficient (Wildman–Crippen LogP) is 5.28. The van der Waals surface area contributed by atoms with Gasteiger partial charge in [0.05, 0.1) is 25.4 Å². The smallest absolute Gasteiger partial charge is 0.260 e. The molecule has 1 saturated heterocycles. The summed E-state index contributed by atoms with van der Waals surface area (Å²) in [6, 6.07) is 13.2. The minimum atomic E-state index is -0.281. The Bertz CT molecular complexity index is 1800. The number of methoxy groups -OCH3 is 2. The molecule has 0 saturated carbocycles. The highest BCUT2D eigenvalue weighted by molar-refractivity contribution is 6.35. The van der Waals surface area contributed by atoms with E-state index in [-0.39, 0.29) is 17.6 Å². The normalized spacial score (nSPS) is 14.6. The van der Waals surface area contributed by atoms with Crippen molar-refractivity contribution in [2.24, 2.45) is 0 Å². The van der Waals surface area contributed by atoms with Gasteiger partial charge >= 0.3 is 0 Å². The molecule has 0 bridgehead atoms. The number of nitrogens with one attached hydrogen (secondary N) is 2. The topological polar surface area (TPSA) is 114 Å². The average molecular weight is 660 g/mol. The molecule has 1 atom stereocenters. The van der Waals surface area contributed by atoms with E-state index in [1.54, 1.807) is 36.1 Å². The van der Waals surface area contributed by atoms with Gasteiger partial charge in [-0.05, 0) is 63.1 Å². The second kappa shape index (κ2) is 15.0. The fourth-order valence-electron chi connectivity index (χ4n) is 5.77. The Morgan fingerprint density at radius 2 is 1.72 bits per heavy atom. The van der Waals surface area contributed by atoms with Gasteiger partial charge in [-0.3, -0.25) is 24.0 Å². The highest BCUT2D eigenvalue weighted by Crippen LogP contribution is 2.38. The molecule has 1 aliphatic heterocycles. The molecule has 0 radical (unpaired) electrons. The number of ether oxygens (including phenoxy) is 2. The van der Waals surface area contributed by atoms with Crippen LogP contribution >= 0.6 is 11.6 Å². The summed E-state index contributed by atoms with van der Waals surface area (Å²) in [5.74, 6) is 1.07. The number of aromatic nitrogens is 3. The summed E-state index contributed by atoms with van der Waals surface area (Å²) in [5, 5.41) is 7.20. The van der Waals surface area contributed by atoms with Crippen LogP contribution in [0.2, 0.25) is 5.02 Å². The van der Waals surface area contributed by atoms with Crippen molar-refractivity contribution in [1.82, 2.24) is 24.3 Å². The number of hydrogen-bond donors (Lipinski definition) is 2. The number of amides is 1. The lowest BCUT2D eigenvalue weighted by Crippen LogP contribution is -2.53. The fraction of sp³-hybridized carbons (Fsp3) is 0.371. The third-order valence-electron chi connectivity index (χ3n) is 8.58. The third kappa shape index (κ3) is 7.75. The molecule has 248 valence electrons. The molecule has 1 aliphatic rings. The molecule has 3 heterocycles. The minimum absolute atomic E-state index is 0.00403. The maximum Gasteiger partial charge on any atom is 0.260 e. The lowest BCUT2D eigenvalue weighted by Gasteiger charge is -2.39. The quantitative estimate of drug-likeness (QED) is 0.196. The van der Waals surface area contributed by atoms with Gasteiger partial charge in [0.2, 0.25) is 11.9 Å². The molecule has 2 aromatic carbocycles. The van der Waals surface area contributed by atoms with Gasteiger partial charge in [0.15, 0.2) is 0 Å². The highest BCUT2D eigenvalue weighted by Gasteiger charge is 2.24. The van der Waals surface area contributed by atoms with Crippen LogP contribution in [0.15, 0.2) is 66.1 Å². The zero-order chi connectivity index (χ0) is 33.7. The van der Waals surface area contributed by atoms with Crippen LogP contribution in [0.3, 0.4) is 0 Å². The Morgan fingerprint density at radius 3 is 2.36 bits per heavy atom. The molecule has 12 heteroatoms. The standard InChI is InChI=1S/C35H42ClN7O4/c1-7-31(44)39-26-10-8-24(9-11-26)12-13-43-33-25(18-29(34(43)45)28-19-27(46-5)20-30(47-6)32(28)36)21-37-35(40-33)38-23(4)42-16-14-41(15-17-42)22(2)3/h7-11,18-23H,1,12-17H2,2-6H3,(H,39,44)(H,37,38,40). The number of anilines is 2. The molecule has 0 spiro atoms. The fourth-order valence-corrected chi connectivity index (χ4v) is 6.06. The van der Waals surface area contributed by atoms with E-state index in [4.69, 9.17) is 26.1 Å². The van der Waals surface area contributed by atoms with Crippen LogP contribution in [0.1, 0.15) is 26.3 Å². The molecule has 2 aromatic heterocycles. The number of pyridine rings is 1. The van der Waals surface area contributed by atoms with E-state index in [0.29, 0.717) is 69.3 Å². The van der Waals surface area contributed by atoms with E-state index in [2.05, 4.69) is 52.8 Å². The van der Waals surface area contributed by atoms with E-state index in [1.165, 1.54) is 13.2 Å². The molecule has 0 aliphatic carbocycles. The van der Waals surface area contributed by atoms with Gasteiger partial charge in [0.25, 0.3) is 5.56 Å². The highest BCUT2D eigenvalue weighted by atomic mass is 35.5. The molecule has 11 nitrogen and oxygen atoms in total. The van der Waals surface area contributed by atoms with Gasteiger partial charge in [-0.1, -0.05) is 30.3 Å². The first-order valence-corrected chi connectivity index (χ1v) is 16.1. The van der Waals surface area contributed by atoms with Crippen LogP contribution in [0.4, 0.5) is 11.6 Å². The number of hydrogen-bond acceptors (Lipinski definition) is 9. The van der Waals surface area contributed by atoms with Crippen LogP contribution in [0.25, 0.3) is 22.2 Å². The van der Waals surface area contributed by atoms with Crippen molar-refractivity contribution in [1.29, 1.82) is 0 Å².